The molecule has 29 heavy (non-hydrogen) atoms. The molecule has 0 saturated carbocycles. The quantitative estimate of drug-likeness (QED) is 0.553. The van der Waals surface area contributed by atoms with Crippen molar-refractivity contribution in [1.82, 2.24) is 5.32 Å². The highest BCUT2D eigenvalue weighted by atomic mass is 16.2. The standard InChI is InChI=1S/C24H27N3O2/c1-3-18-9-5-7-14-22(18)27-24(29)16-26-23(28)15-25-17(2)20-13-8-11-19-10-4-6-12-21(19)20/h4-14,17,25H,3,15-16H2,1-2H3,(H,26,28)(H,27,29)/p+1/t17-/m1/s1. The third kappa shape index (κ3) is 5.42. The third-order valence-electron chi connectivity index (χ3n) is 5.09. The number of para-hydroxylation sites is 1. The van der Waals surface area contributed by atoms with E-state index in [9.17, 15) is 9.59 Å². The molecular weight excluding hydrogens is 362 g/mol. The van der Waals surface area contributed by atoms with Crippen molar-refractivity contribution in [2.45, 2.75) is 26.3 Å². The lowest BCUT2D eigenvalue weighted by Crippen LogP contribution is -2.87. The summed E-state index contributed by atoms with van der Waals surface area (Å²) in [6.07, 6.45) is 0.837. The maximum atomic E-state index is 12.2. The van der Waals surface area contributed by atoms with E-state index in [0.717, 1.165) is 17.7 Å². The molecule has 0 aliphatic heterocycles. The fourth-order valence-corrected chi connectivity index (χ4v) is 3.45. The van der Waals surface area contributed by atoms with Crippen molar-refractivity contribution < 1.29 is 14.9 Å². The largest absolute Gasteiger partial charge is 0.342 e. The molecular formula is C24H28N3O2+. The Morgan fingerprint density at radius 1 is 0.931 bits per heavy atom. The van der Waals surface area contributed by atoms with Gasteiger partial charge < -0.3 is 16.0 Å². The Balaban J connectivity index is 1.49. The number of aryl methyl sites for hydroxylation is 1. The lowest BCUT2D eigenvalue weighted by Gasteiger charge is -2.14. The van der Waals surface area contributed by atoms with Gasteiger partial charge in [0.1, 0.15) is 6.04 Å². The van der Waals surface area contributed by atoms with Gasteiger partial charge in [-0.15, -0.1) is 0 Å². The topological polar surface area (TPSA) is 74.8 Å². The minimum Gasteiger partial charge on any atom is -0.342 e. The lowest BCUT2D eigenvalue weighted by molar-refractivity contribution is -0.682. The van der Waals surface area contributed by atoms with Gasteiger partial charge in [0, 0.05) is 11.3 Å². The van der Waals surface area contributed by atoms with Crippen molar-refractivity contribution >= 4 is 28.3 Å². The minimum atomic E-state index is -0.221. The number of amides is 2. The van der Waals surface area contributed by atoms with Crippen LogP contribution < -0.4 is 16.0 Å². The second kappa shape index (κ2) is 9.85. The van der Waals surface area contributed by atoms with Gasteiger partial charge in [-0.3, -0.25) is 9.59 Å². The summed E-state index contributed by atoms with van der Waals surface area (Å²) < 4.78 is 0. The lowest BCUT2D eigenvalue weighted by atomic mass is 10.00. The number of nitrogens with two attached hydrogens (primary N) is 1. The van der Waals surface area contributed by atoms with E-state index in [1.165, 1.54) is 16.3 Å². The van der Waals surface area contributed by atoms with E-state index in [0.29, 0.717) is 0 Å². The molecule has 0 spiro atoms. The van der Waals surface area contributed by atoms with Crippen LogP contribution >= 0.6 is 0 Å². The summed E-state index contributed by atoms with van der Waals surface area (Å²) in [6.45, 7) is 4.36. The first-order valence-electron chi connectivity index (χ1n) is 10.0. The Kier molecular flexibility index (Phi) is 6.98. The number of fused-ring (bicyclic) bond motifs is 1. The molecule has 0 heterocycles. The number of rotatable bonds is 8. The van der Waals surface area contributed by atoms with Crippen molar-refractivity contribution in [3.05, 3.63) is 77.9 Å². The van der Waals surface area contributed by atoms with Crippen LogP contribution in [0, 0.1) is 0 Å². The Morgan fingerprint density at radius 3 is 2.48 bits per heavy atom. The first-order valence-corrected chi connectivity index (χ1v) is 10.0. The SMILES string of the molecule is CCc1ccccc1NC(=O)CNC(=O)C[NH2+][C@H](C)c1cccc2ccccc12. The summed E-state index contributed by atoms with van der Waals surface area (Å²) in [4.78, 5) is 24.4. The zero-order valence-corrected chi connectivity index (χ0v) is 16.9. The molecule has 0 aliphatic carbocycles. The first-order chi connectivity index (χ1) is 14.1. The van der Waals surface area contributed by atoms with Gasteiger partial charge in [0.25, 0.3) is 5.91 Å². The van der Waals surface area contributed by atoms with Gasteiger partial charge in [0.05, 0.1) is 6.54 Å². The molecule has 1 atom stereocenters. The van der Waals surface area contributed by atoms with Crippen molar-refractivity contribution in [3.63, 3.8) is 0 Å². The van der Waals surface area contributed by atoms with E-state index in [-0.39, 0.29) is 30.9 Å². The zero-order chi connectivity index (χ0) is 20.6. The van der Waals surface area contributed by atoms with Crippen LogP contribution in [-0.4, -0.2) is 24.9 Å². The van der Waals surface area contributed by atoms with Gasteiger partial charge >= 0.3 is 0 Å². The maximum Gasteiger partial charge on any atom is 0.275 e. The number of quaternary nitrogens is 1. The zero-order valence-electron chi connectivity index (χ0n) is 16.9. The molecule has 3 aromatic carbocycles. The second-order valence-electron chi connectivity index (χ2n) is 7.13. The van der Waals surface area contributed by atoms with Crippen molar-refractivity contribution in [1.29, 1.82) is 0 Å². The van der Waals surface area contributed by atoms with Crippen LogP contribution in [0.2, 0.25) is 0 Å². The number of hydrogen-bond acceptors (Lipinski definition) is 2. The number of anilines is 1. The summed E-state index contributed by atoms with van der Waals surface area (Å²) in [5.74, 6) is -0.377. The van der Waals surface area contributed by atoms with Crippen LogP contribution in [0.15, 0.2) is 66.7 Å². The average Bonchev–Trinajstić information content (AvgIpc) is 2.76. The normalized spacial score (nSPS) is 11.8. The van der Waals surface area contributed by atoms with E-state index in [4.69, 9.17) is 0 Å². The summed E-state index contributed by atoms with van der Waals surface area (Å²) in [6, 6.07) is 22.3. The monoisotopic (exact) mass is 390 g/mol. The van der Waals surface area contributed by atoms with E-state index < -0.39 is 0 Å². The molecule has 0 fully saturated rings. The maximum absolute atomic E-state index is 12.2. The van der Waals surface area contributed by atoms with Gasteiger partial charge in [-0.25, -0.2) is 0 Å². The molecule has 0 aliphatic rings. The number of nitrogens with one attached hydrogen (secondary N) is 2. The highest BCUT2D eigenvalue weighted by molar-refractivity contribution is 5.95. The van der Waals surface area contributed by atoms with Crippen LogP contribution in [0.5, 0.6) is 0 Å². The number of carbonyl (C=O) groups is 2. The van der Waals surface area contributed by atoms with Crippen molar-refractivity contribution in [2.24, 2.45) is 0 Å². The molecule has 5 nitrogen and oxygen atoms in total. The van der Waals surface area contributed by atoms with Crippen LogP contribution in [0.1, 0.15) is 31.0 Å². The second-order valence-corrected chi connectivity index (χ2v) is 7.13. The van der Waals surface area contributed by atoms with Crippen LogP contribution in [0.4, 0.5) is 5.69 Å². The molecule has 4 N–H and O–H groups in total. The number of carbonyl (C=O) groups excluding carboxylic acids is 2. The van der Waals surface area contributed by atoms with E-state index in [2.05, 4.69) is 41.8 Å². The molecule has 0 bridgehead atoms. The molecule has 150 valence electrons. The molecule has 0 saturated heterocycles. The average molecular weight is 391 g/mol. The Labute approximate surface area is 171 Å². The van der Waals surface area contributed by atoms with Crippen LogP contribution in [-0.2, 0) is 16.0 Å². The van der Waals surface area contributed by atoms with Crippen molar-refractivity contribution in [3.8, 4) is 0 Å². The minimum absolute atomic E-state index is 0.0344. The fraction of sp³-hybridized carbons (Fsp3) is 0.250. The Bertz CT molecular complexity index is 995. The predicted octanol–water partition coefficient (Wildman–Crippen LogP) is 2.78. The van der Waals surface area contributed by atoms with Gasteiger partial charge in [-0.1, -0.05) is 67.6 Å². The molecule has 5 heteroatoms. The van der Waals surface area contributed by atoms with Crippen LogP contribution in [0.3, 0.4) is 0 Å². The van der Waals surface area contributed by atoms with E-state index >= 15 is 0 Å². The summed E-state index contributed by atoms with van der Waals surface area (Å²) in [5.41, 5.74) is 3.07. The Morgan fingerprint density at radius 2 is 1.66 bits per heavy atom. The first kappa shape index (κ1) is 20.6. The molecule has 2 amide bonds. The molecule has 0 unspecified atom stereocenters. The molecule has 0 aromatic heterocycles. The summed E-state index contributed by atoms with van der Waals surface area (Å²) in [5, 5.41) is 9.95. The van der Waals surface area contributed by atoms with Gasteiger partial charge in [-0.05, 0) is 35.7 Å². The molecule has 3 rings (SSSR count). The summed E-state index contributed by atoms with van der Waals surface area (Å²) >= 11 is 0. The number of benzene rings is 3. The van der Waals surface area contributed by atoms with Crippen molar-refractivity contribution in [2.75, 3.05) is 18.4 Å². The predicted molar refractivity (Wildman–Crippen MR) is 117 cm³/mol. The van der Waals surface area contributed by atoms with Gasteiger partial charge in [0.15, 0.2) is 6.54 Å². The smallest absolute Gasteiger partial charge is 0.275 e. The highest BCUT2D eigenvalue weighted by Gasteiger charge is 2.15. The molecule has 0 radical (unpaired) electrons. The van der Waals surface area contributed by atoms with Gasteiger partial charge in [0.2, 0.25) is 5.91 Å². The summed E-state index contributed by atoms with van der Waals surface area (Å²) in [7, 11) is 0. The Hall–Kier alpha value is -3.18. The van der Waals surface area contributed by atoms with E-state index in [1.54, 1.807) is 0 Å². The molecule has 3 aromatic rings. The fourth-order valence-electron chi connectivity index (χ4n) is 3.45. The number of hydrogen-bond donors (Lipinski definition) is 3. The van der Waals surface area contributed by atoms with Crippen LogP contribution in [0.25, 0.3) is 10.8 Å². The third-order valence-corrected chi connectivity index (χ3v) is 5.09. The van der Waals surface area contributed by atoms with Gasteiger partial charge in [-0.2, -0.15) is 0 Å². The van der Waals surface area contributed by atoms with E-state index in [1.807, 2.05) is 54.7 Å². The highest BCUT2D eigenvalue weighted by Crippen LogP contribution is 2.22.